The van der Waals surface area contributed by atoms with E-state index in [9.17, 15) is 13.2 Å². The predicted molar refractivity (Wildman–Crippen MR) is 91.0 cm³/mol. The van der Waals surface area contributed by atoms with Crippen LogP contribution in [0.25, 0.3) is 0 Å². The van der Waals surface area contributed by atoms with Gasteiger partial charge < -0.3 is 4.90 Å². The maximum atomic E-state index is 12.1. The molecule has 1 aromatic rings. The minimum absolute atomic E-state index is 0.00512. The number of benzene rings is 1. The minimum atomic E-state index is -2.99. The number of thioether (sulfide) groups is 1. The van der Waals surface area contributed by atoms with E-state index in [-0.39, 0.29) is 34.6 Å². The summed E-state index contributed by atoms with van der Waals surface area (Å²) in [4.78, 5) is 18.4. The van der Waals surface area contributed by atoms with Crippen LogP contribution in [-0.4, -0.2) is 47.2 Å². The summed E-state index contributed by atoms with van der Waals surface area (Å²) in [6, 6.07) is 9.84. The van der Waals surface area contributed by atoms with Crippen LogP contribution in [0.15, 0.2) is 35.3 Å². The van der Waals surface area contributed by atoms with Gasteiger partial charge in [-0.3, -0.25) is 4.79 Å². The summed E-state index contributed by atoms with van der Waals surface area (Å²) in [5.41, 5.74) is 1.10. The number of hydrogen-bond donors (Lipinski definition) is 0. The number of rotatable bonds is 3. The van der Waals surface area contributed by atoms with Crippen LogP contribution in [0.1, 0.15) is 18.4 Å². The molecule has 1 aliphatic carbocycles. The number of fused-ring (bicyclic) bond motifs is 1. The number of nitrogens with zero attached hydrogens (tertiary/aromatic N) is 2. The van der Waals surface area contributed by atoms with E-state index in [1.54, 1.807) is 0 Å². The van der Waals surface area contributed by atoms with E-state index in [2.05, 4.69) is 4.99 Å². The Morgan fingerprint density at radius 1 is 1.22 bits per heavy atom. The van der Waals surface area contributed by atoms with Crippen molar-refractivity contribution in [3.05, 3.63) is 35.9 Å². The maximum absolute atomic E-state index is 12.1. The summed E-state index contributed by atoms with van der Waals surface area (Å²) in [6.45, 7) is 0.599. The molecule has 0 radical (unpaired) electrons. The van der Waals surface area contributed by atoms with Crippen LogP contribution < -0.4 is 0 Å². The van der Waals surface area contributed by atoms with Crippen LogP contribution >= 0.6 is 11.8 Å². The van der Waals surface area contributed by atoms with Gasteiger partial charge in [-0.1, -0.05) is 42.1 Å². The van der Waals surface area contributed by atoms with Crippen molar-refractivity contribution < 1.29 is 13.2 Å². The van der Waals surface area contributed by atoms with Crippen molar-refractivity contribution in [2.24, 2.45) is 10.9 Å². The van der Waals surface area contributed by atoms with Crippen molar-refractivity contribution in [1.29, 1.82) is 0 Å². The smallest absolute Gasteiger partial charge is 0.251 e. The summed E-state index contributed by atoms with van der Waals surface area (Å²) in [6.07, 6.45) is 1.86. The van der Waals surface area contributed by atoms with Gasteiger partial charge in [-0.25, -0.2) is 8.42 Å². The Labute approximate surface area is 140 Å². The molecular weight excluding hydrogens is 332 g/mol. The van der Waals surface area contributed by atoms with Crippen molar-refractivity contribution in [2.75, 3.05) is 11.5 Å². The lowest BCUT2D eigenvalue weighted by molar-refractivity contribution is -0.118. The zero-order chi connectivity index (χ0) is 16.0. The van der Waals surface area contributed by atoms with Crippen LogP contribution in [0.5, 0.6) is 0 Å². The molecule has 3 fully saturated rings. The third kappa shape index (κ3) is 3.17. The summed E-state index contributed by atoms with van der Waals surface area (Å²) in [7, 11) is -2.99. The van der Waals surface area contributed by atoms with Crippen LogP contribution in [-0.2, 0) is 21.2 Å². The van der Waals surface area contributed by atoms with E-state index in [1.807, 2.05) is 35.2 Å². The van der Waals surface area contributed by atoms with Crippen molar-refractivity contribution in [3.8, 4) is 0 Å². The quantitative estimate of drug-likeness (QED) is 0.830. The Kier molecular flexibility index (Phi) is 3.72. The van der Waals surface area contributed by atoms with Gasteiger partial charge in [0.1, 0.15) is 0 Å². The van der Waals surface area contributed by atoms with Crippen LogP contribution in [0.2, 0.25) is 0 Å². The van der Waals surface area contributed by atoms with E-state index < -0.39 is 9.84 Å². The van der Waals surface area contributed by atoms with Gasteiger partial charge in [-0.05, 0) is 18.4 Å². The summed E-state index contributed by atoms with van der Waals surface area (Å²) in [5.74, 6) is 0.387. The second-order valence-electron chi connectivity index (χ2n) is 6.42. The zero-order valence-electron chi connectivity index (χ0n) is 12.6. The largest absolute Gasteiger partial charge is 0.342 e. The fourth-order valence-electron chi connectivity index (χ4n) is 3.12. The number of amides is 1. The summed E-state index contributed by atoms with van der Waals surface area (Å²) < 4.78 is 23.9. The lowest BCUT2D eigenvalue weighted by Gasteiger charge is -2.24. The Balaban J connectivity index is 1.62. The molecule has 2 aliphatic heterocycles. The molecule has 3 aliphatic rings. The van der Waals surface area contributed by atoms with E-state index >= 15 is 0 Å². The second-order valence-corrected chi connectivity index (χ2v) is 9.78. The molecule has 0 aromatic heterocycles. The van der Waals surface area contributed by atoms with Gasteiger partial charge in [0.25, 0.3) is 5.91 Å². The molecule has 122 valence electrons. The SMILES string of the molecule is O=C(N=C1S[C@H]2CS(=O)(=O)C[C@H]2N1Cc1ccccc1)C1CC1. The van der Waals surface area contributed by atoms with Crippen molar-refractivity contribution in [1.82, 2.24) is 4.90 Å². The van der Waals surface area contributed by atoms with Gasteiger partial charge in [0.15, 0.2) is 15.0 Å². The third-order valence-corrected chi connectivity index (χ3v) is 7.75. The first-order chi connectivity index (χ1) is 11.0. The normalized spacial score (nSPS) is 30.6. The highest BCUT2D eigenvalue weighted by Gasteiger charge is 2.49. The Morgan fingerprint density at radius 3 is 2.65 bits per heavy atom. The number of hydrogen-bond acceptors (Lipinski definition) is 4. The standard InChI is InChI=1S/C16H18N2O3S2/c19-15(12-6-7-12)17-16-18(8-11-4-2-1-3-5-11)13-9-23(20,21)10-14(13)22-16/h1-5,12-14H,6-10H2/t13-,14+/m1/s1. The molecule has 23 heavy (non-hydrogen) atoms. The second kappa shape index (κ2) is 5.63. The van der Waals surface area contributed by atoms with Crippen molar-refractivity contribution in [3.63, 3.8) is 0 Å². The fraction of sp³-hybridized carbons (Fsp3) is 0.500. The average molecular weight is 350 g/mol. The Bertz CT molecular complexity index is 757. The monoisotopic (exact) mass is 350 g/mol. The molecule has 0 bridgehead atoms. The fourth-order valence-corrected chi connectivity index (χ4v) is 7.07. The molecule has 0 unspecified atom stereocenters. The van der Waals surface area contributed by atoms with Crippen molar-refractivity contribution >= 4 is 32.7 Å². The molecule has 1 amide bonds. The molecular formula is C16H18N2O3S2. The summed E-state index contributed by atoms with van der Waals surface area (Å²) >= 11 is 1.46. The number of aliphatic imine (C=N–C) groups is 1. The lowest BCUT2D eigenvalue weighted by Crippen LogP contribution is -2.37. The van der Waals surface area contributed by atoms with Crippen LogP contribution in [0, 0.1) is 5.92 Å². The minimum Gasteiger partial charge on any atom is -0.342 e. The van der Waals surface area contributed by atoms with Crippen LogP contribution in [0.4, 0.5) is 0 Å². The predicted octanol–water partition coefficient (Wildman–Crippen LogP) is 1.69. The van der Waals surface area contributed by atoms with Gasteiger partial charge in [-0.15, -0.1) is 0 Å². The van der Waals surface area contributed by atoms with E-state index in [4.69, 9.17) is 0 Å². The van der Waals surface area contributed by atoms with Crippen LogP contribution in [0.3, 0.4) is 0 Å². The van der Waals surface area contributed by atoms with Gasteiger partial charge in [-0.2, -0.15) is 4.99 Å². The highest BCUT2D eigenvalue weighted by atomic mass is 32.2. The average Bonchev–Trinajstić information content (AvgIpc) is 3.25. The topological polar surface area (TPSA) is 66.8 Å². The van der Waals surface area contributed by atoms with Gasteiger partial charge in [0.05, 0.1) is 17.5 Å². The first-order valence-corrected chi connectivity index (χ1v) is 10.5. The van der Waals surface area contributed by atoms with E-state index in [0.29, 0.717) is 11.7 Å². The van der Waals surface area contributed by atoms with Crippen molar-refractivity contribution in [2.45, 2.75) is 30.7 Å². The number of amidine groups is 1. The molecule has 0 spiro atoms. The van der Waals surface area contributed by atoms with E-state index in [1.165, 1.54) is 11.8 Å². The number of sulfone groups is 1. The maximum Gasteiger partial charge on any atom is 0.251 e. The first kappa shape index (κ1) is 15.2. The summed E-state index contributed by atoms with van der Waals surface area (Å²) in [5, 5.41) is 0.699. The van der Waals surface area contributed by atoms with Gasteiger partial charge in [0.2, 0.25) is 0 Å². The Hall–Kier alpha value is -1.34. The van der Waals surface area contributed by atoms with E-state index in [0.717, 1.165) is 18.4 Å². The first-order valence-electron chi connectivity index (χ1n) is 7.82. The van der Waals surface area contributed by atoms with Gasteiger partial charge >= 0.3 is 0 Å². The van der Waals surface area contributed by atoms with Gasteiger partial charge in [0, 0.05) is 17.7 Å². The molecule has 2 heterocycles. The Morgan fingerprint density at radius 2 is 1.96 bits per heavy atom. The number of carbonyl (C=O) groups excluding carboxylic acids is 1. The molecule has 2 atom stereocenters. The highest BCUT2D eigenvalue weighted by Crippen LogP contribution is 2.40. The molecule has 1 saturated carbocycles. The molecule has 4 rings (SSSR count). The third-order valence-electron chi connectivity index (χ3n) is 4.50. The molecule has 5 nitrogen and oxygen atoms in total. The molecule has 1 aromatic carbocycles. The molecule has 2 saturated heterocycles. The molecule has 7 heteroatoms. The lowest BCUT2D eigenvalue weighted by atomic mass is 10.1. The molecule has 0 N–H and O–H groups in total. The highest BCUT2D eigenvalue weighted by molar-refractivity contribution is 8.15. The zero-order valence-corrected chi connectivity index (χ0v) is 14.2. The number of carbonyl (C=O) groups is 1.